The van der Waals surface area contributed by atoms with E-state index in [0.717, 1.165) is 16.6 Å². The first-order chi connectivity index (χ1) is 7.13. The van der Waals surface area contributed by atoms with E-state index in [0.29, 0.717) is 18.5 Å². The molecule has 0 bridgehead atoms. The second-order valence-electron chi connectivity index (χ2n) is 3.59. The van der Waals surface area contributed by atoms with Gasteiger partial charge in [0.25, 0.3) is 0 Å². The summed E-state index contributed by atoms with van der Waals surface area (Å²) in [4.78, 5) is 4.24. The van der Waals surface area contributed by atoms with Crippen LogP contribution in [0.3, 0.4) is 0 Å². The third-order valence-electron chi connectivity index (χ3n) is 1.87. The third kappa shape index (κ3) is 4.18. The SMILES string of the molecule is CCOc1ncc(Br)cc1CNC(C)C. The van der Waals surface area contributed by atoms with E-state index in [1.165, 1.54) is 0 Å². The first kappa shape index (κ1) is 12.5. The molecule has 1 heterocycles. The Morgan fingerprint density at radius 3 is 2.87 bits per heavy atom. The van der Waals surface area contributed by atoms with E-state index in [-0.39, 0.29) is 0 Å². The van der Waals surface area contributed by atoms with Crippen LogP contribution in [0.5, 0.6) is 5.88 Å². The monoisotopic (exact) mass is 272 g/mol. The van der Waals surface area contributed by atoms with E-state index in [9.17, 15) is 0 Å². The summed E-state index contributed by atoms with van der Waals surface area (Å²) in [7, 11) is 0. The predicted octanol–water partition coefficient (Wildman–Crippen LogP) is 2.74. The van der Waals surface area contributed by atoms with Crippen LogP contribution in [0.2, 0.25) is 0 Å². The van der Waals surface area contributed by atoms with Crippen molar-refractivity contribution in [3.63, 3.8) is 0 Å². The van der Waals surface area contributed by atoms with Crippen molar-refractivity contribution in [2.24, 2.45) is 0 Å². The molecule has 0 unspecified atom stereocenters. The van der Waals surface area contributed by atoms with Crippen LogP contribution < -0.4 is 10.1 Å². The van der Waals surface area contributed by atoms with Gasteiger partial charge in [0.05, 0.1) is 6.61 Å². The van der Waals surface area contributed by atoms with Crippen molar-refractivity contribution in [3.05, 3.63) is 22.3 Å². The highest BCUT2D eigenvalue weighted by molar-refractivity contribution is 9.10. The Bertz CT molecular complexity index is 315. The molecule has 0 spiro atoms. The Morgan fingerprint density at radius 1 is 1.53 bits per heavy atom. The Morgan fingerprint density at radius 2 is 2.27 bits per heavy atom. The molecular formula is C11H17BrN2O. The molecule has 0 aliphatic heterocycles. The Labute approximate surface area is 99.4 Å². The molecule has 0 saturated carbocycles. The molecule has 0 radical (unpaired) electrons. The first-order valence-corrected chi connectivity index (χ1v) is 5.93. The number of nitrogens with zero attached hydrogens (tertiary/aromatic N) is 1. The van der Waals surface area contributed by atoms with Gasteiger partial charge in [0.15, 0.2) is 0 Å². The Balaban J connectivity index is 2.77. The number of halogens is 1. The highest BCUT2D eigenvalue weighted by Gasteiger charge is 2.06. The lowest BCUT2D eigenvalue weighted by Gasteiger charge is -2.12. The molecule has 4 heteroatoms. The molecule has 1 rings (SSSR count). The molecule has 0 aliphatic carbocycles. The van der Waals surface area contributed by atoms with Crippen molar-refractivity contribution in [3.8, 4) is 5.88 Å². The minimum absolute atomic E-state index is 0.457. The van der Waals surface area contributed by atoms with Crippen LogP contribution in [0, 0.1) is 0 Å². The average Bonchev–Trinajstić information content (AvgIpc) is 2.18. The van der Waals surface area contributed by atoms with Gasteiger partial charge in [0.2, 0.25) is 5.88 Å². The molecule has 0 atom stereocenters. The molecule has 15 heavy (non-hydrogen) atoms. The summed E-state index contributed by atoms with van der Waals surface area (Å²) in [6.45, 7) is 7.61. The van der Waals surface area contributed by atoms with Crippen molar-refractivity contribution in [1.82, 2.24) is 10.3 Å². The fourth-order valence-electron chi connectivity index (χ4n) is 1.18. The van der Waals surface area contributed by atoms with Gasteiger partial charge in [-0.15, -0.1) is 0 Å². The van der Waals surface area contributed by atoms with Crippen LogP contribution in [0.4, 0.5) is 0 Å². The number of ether oxygens (including phenoxy) is 1. The lowest BCUT2D eigenvalue weighted by Crippen LogP contribution is -2.22. The van der Waals surface area contributed by atoms with Crippen LogP contribution in [0.15, 0.2) is 16.7 Å². The quantitative estimate of drug-likeness (QED) is 0.895. The molecule has 0 aromatic carbocycles. The van der Waals surface area contributed by atoms with Gasteiger partial charge in [-0.1, -0.05) is 13.8 Å². The molecule has 84 valence electrons. The summed E-state index contributed by atoms with van der Waals surface area (Å²) < 4.78 is 6.43. The van der Waals surface area contributed by atoms with E-state index in [2.05, 4.69) is 40.1 Å². The lowest BCUT2D eigenvalue weighted by atomic mass is 10.2. The summed E-state index contributed by atoms with van der Waals surface area (Å²) in [5.41, 5.74) is 1.08. The molecule has 0 amide bonds. The second kappa shape index (κ2) is 6.08. The Hall–Kier alpha value is -0.610. The number of aromatic nitrogens is 1. The molecule has 1 aromatic rings. The largest absolute Gasteiger partial charge is 0.478 e. The normalized spacial score (nSPS) is 10.7. The minimum atomic E-state index is 0.457. The average molecular weight is 273 g/mol. The van der Waals surface area contributed by atoms with Gasteiger partial charge in [-0.2, -0.15) is 0 Å². The molecule has 3 nitrogen and oxygen atoms in total. The standard InChI is InChI=1S/C11H17BrN2O/c1-4-15-11-9(6-13-8(2)3)5-10(12)7-14-11/h5,7-8,13H,4,6H2,1-3H3. The van der Waals surface area contributed by atoms with Crippen molar-refractivity contribution in [2.45, 2.75) is 33.4 Å². The van der Waals surface area contributed by atoms with E-state index in [4.69, 9.17) is 4.74 Å². The van der Waals surface area contributed by atoms with Crippen LogP contribution in [-0.2, 0) is 6.54 Å². The molecular weight excluding hydrogens is 256 g/mol. The smallest absolute Gasteiger partial charge is 0.217 e. The summed E-state index contributed by atoms with van der Waals surface area (Å²) in [5, 5.41) is 3.35. The predicted molar refractivity (Wildman–Crippen MR) is 65.1 cm³/mol. The molecule has 1 aromatic heterocycles. The van der Waals surface area contributed by atoms with Crippen molar-refractivity contribution in [1.29, 1.82) is 0 Å². The van der Waals surface area contributed by atoms with E-state index < -0.39 is 0 Å². The maximum absolute atomic E-state index is 5.45. The summed E-state index contributed by atoms with van der Waals surface area (Å²) >= 11 is 3.41. The number of rotatable bonds is 5. The third-order valence-corrected chi connectivity index (χ3v) is 2.31. The zero-order valence-electron chi connectivity index (χ0n) is 9.38. The van der Waals surface area contributed by atoms with Crippen molar-refractivity contribution >= 4 is 15.9 Å². The van der Waals surface area contributed by atoms with Gasteiger partial charge >= 0.3 is 0 Å². The number of pyridine rings is 1. The van der Waals surface area contributed by atoms with E-state index >= 15 is 0 Å². The first-order valence-electron chi connectivity index (χ1n) is 5.14. The minimum Gasteiger partial charge on any atom is -0.478 e. The van der Waals surface area contributed by atoms with Crippen LogP contribution in [-0.4, -0.2) is 17.6 Å². The fraction of sp³-hybridized carbons (Fsp3) is 0.545. The number of hydrogen-bond acceptors (Lipinski definition) is 3. The maximum Gasteiger partial charge on any atom is 0.217 e. The van der Waals surface area contributed by atoms with Gasteiger partial charge in [-0.05, 0) is 28.9 Å². The summed E-state index contributed by atoms with van der Waals surface area (Å²) in [5.74, 6) is 0.717. The zero-order valence-corrected chi connectivity index (χ0v) is 11.0. The highest BCUT2D eigenvalue weighted by atomic mass is 79.9. The molecule has 1 N–H and O–H groups in total. The van der Waals surface area contributed by atoms with Crippen LogP contribution in [0.25, 0.3) is 0 Å². The lowest BCUT2D eigenvalue weighted by molar-refractivity contribution is 0.321. The van der Waals surface area contributed by atoms with Gasteiger partial charge in [-0.25, -0.2) is 4.98 Å². The van der Waals surface area contributed by atoms with E-state index in [1.54, 1.807) is 6.20 Å². The summed E-state index contributed by atoms with van der Waals surface area (Å²) in [6, 6.07) is 2.49. The van der Waals surface area contributed by atoms with Crippen molar-refractivity contribution < 1.29 is 4.74 Å². The highest BCUT2D eigenvalue weighted by Crippen LogP contribution is 2.19. The van der Waals surface area contributed by atoms with Gasteiger partial charge < -0.3 is 10.1 Å². The maximum atomic E-state index is 5.45. The van der Waals surface area contributed by atoms with Gasteiger partial charge in [-0.3, -0.25) is 0 Å². The van der Waals surface area contributed by atoms with Crippen LogP contribution >= 0.6 is 15.9 Å². The number of hydrogen-bond donors (Lipinski definition) is 1. The molecule has 0 saturated heterocycles. The summed E-state index contributed by atoms with van der Waals surface area (Å²) in [6.07, 6.45) is 1.75. The Kier molecular flexibility index (Phi) is 5.05. The second-order valence-corrected chi connectivity index (χ2v) is 4.50. The van der Waals surface area contributed by atoms with E-state index in [1.807, 2.05) is 13.0 Å². The number of nitrogens with one attached hydrogen (secondary N) is 1. The molecule has 0 aliphatic rings. The van der Waals surface area contributed by atoms with Crippen LogP contribution in [0.1, 0.15) is 26.3 Å². The zero-order chi connectivity index (χ0) is 11.3. The van der Waals surface area contributed by atoms with Crippen molar-refractivity contribution in [2.75, 3.05) is 6.61 Å². The topological polar surface area (TPSA) is 34.1 Å². The van der Waals surface area contributed by atoms with Gasteiger partial charge in [0, 0.05) is 28.8 Å². The molecule has 0 fully saturated rings. The van der Waals surface area contributed by atoms with Gasteiger partial charge in [0.1, 0.15) is 0 Å². The fourth-order valence-corrected chi connectivity index (χ4v) is 1.55.